The Morgan fingerprint density at radius 1 is 0.829 bits per heavy atom. The minimum atomic E-state index is -0.825. The van der Waals surface area contributed by atoms with Crippen molar-refractivity contribution in [3.8, 4) is 11.3 Å². The SMILES string of the molecule is CC(C)(C)NC(=O)Cn1c(-c2ccc(F)cc2F)cc2cc(C(C)(C)C(=O)NC(C)(C)C)ccc21. The van der Waals surface area contributed by atoms with E-state index >= 15 is 0 Å². The number of nitrogens with zero attached hydrogens (tertiary/aromatic N) is 1. The third-order valence-electron chi connectivity index (χ3n) is 5.70. The number of amides is 2. The molecular formula is C28H35F2N3O2. The van der Waals surface area contributed by atoms with Crippen LogP contribution in [0.25, 0.3) is 22.2 Å². The highest BCUT2D eigenvalue weighted by Gasteiger charge is 2.32. The van der Waals surface area contributed by atoms with Gasteiger partial charge in [-0.25, -0.2) is 8.78 Å². The number of carbonyl (C=O) groups is 2. The quantitative estimate of drug-likeness (QED) is 0.489. The van der Waals surface area contributed by atoms with Crippen molar-refractivity contribution in [3.05, 3.63) is 59.7 Å². The van der Waals surface area contributed by atoms with Crippen LogP contribution in [-0.4, -0.2) is 27.5 Å². The van der Waals surface area contributed by atoms with Gasteiger partial charge in [-0.15, -0.1) is 0 Å². The van der Waals surface area contributed by atoms with Crippen LogP contribution in [0.2, 0.25) is 0 Å². The molecule has 0 aliphatic rings. The molecule has 0 saturated heterocycles. The number of hydrogen-bond acceptors (Lipinski definition) is 2. The monoisotopic (exact) mass is 483 g/mol. The van der Waals surface area contributed by atoms with E-state index in [1.54, 1.807) is 10.6 Å². The molecule has 188 valence electrons. The maximum absolute atomic E-state index is 14.8. The number of halogens is 2. The van der Waals surface area contributed by atoms with Crippen LogP contribution >= 0.6 is 0 Å². The first-order valence-electron chi connectivity index (χ1n) is 11.7. The molecule has 0 unspecified atom stereocenters. The Balaban J connectivity index is 2.14. The summed E-state index contributed by atoms with van der Waals surface area (Å²) in [6, 6.07) is 10.8. The topological polar surface area (TPSA) is 63.1 Å². The van der Waals surface area contributed by atoms with Crippen LogP contribution in [-0.2, 0) is 21.5 Å². The van der Waals surface area contributed by atoms with Gasteiger partial charge in [0, 0.05) is 33.6 Å². The molecule has 0 atom stereocenters. The molecule has 0 bridgehead atoms. The second-order valence-corrected chi connectivity index (χ2v) is 11.6. The lowest BCUT2D eigenvalue weighted by atomic mass is 9.82. The van der Waals surface area contributed by atoms with E-state index in [-0.39, 0.29) is 29.5 Å². The molecular weight excluding hydrogens is 448 g/mol. The second kappa shape index (κ2) is 9.10. The van der Waals surface area contributed by atoms with Crippen molar-refractivity contribution in [1.29, 1.82) is 0 Å². The average Bonchev–Trinajstić information content (AvgIpc) is 3.02. The van der Waals surface area contributed by atoms with Gasteiger partial charge in [-0.05, 0) is 91.3 Å². The summed E-state index contributed by atoms with van der Waals surface area (Å²) in [4.78, 5) is 25.8. The molecule has 3 rings (SSSR count). The molecule has 1 aromatic heterocycles. The van der Waals surface area contributed by atoms with E-state index < -0.39 is 22.6 Å². The minimum absolute atomic E-state index is 0.0415. The standard InChI is InChI=1S/C28H35F2N3O2/c1-26(2,3)31-24(34)16-33-22-12-9-18(28(7,8)25(35)32-27(4,5)6)13-17(22)14-23(33)20-11-10-19(29)15-21(20)30/h9-15H,16H2,1-8H3,(H,31,34)(H,32,35). The van der Waals surface area contributed by atoms with E-state index in [9.17, 15) is 18.4 Å². The third-order valence-corrected chi connectivity index (χ3v) is 5.70. The molecule has 0 aliphatic carbocycles. The predicted octanol–water partition coefficient (Wildman–Crippen LogP) is 5.69. The molecule has 3 aromatic rings. The highest BCUT2D eigenvalue weighted by atomic mass is 19.1. The summed E-state index contributed by atoms with van der Waals surface area (Å²) in [6.07, 6.45) is 0. The van der Waals surface area contributed by atoms with Crippen LogP contribution in [0.15, 0.2) is 42.5 Å². The fraction of sp³-hybridized carbons (Fsp3) is 0.429. The fourth-order valence-corrected chi connectivity index (χ4v) is 3.98. The summed E-state index contributed by atoms with van der Waals surface area (Å²) in [5, 5.41) is 6.71. The van der Waals surface area contributed by atoms with Crippen LogP contribution in [0.4, 0.5) is 8.78 Å². The first kappa shape index (κ1) is 26.4. The van der Waals surface area contributed by atoms with Crippen molar-refractivity contribution in [2.45, 2.75) is 78.4 Å². The smallest absolute Gasteiger partial charge is 0.240 e. The zero-order chi connectivity index (χ0) is 26.3. The summed E-state index contributed by atoms with van der Waals surface area (Å²) in [5.41, 5.74) is 0.508. The Hall–Kier alpha value is -3.22. The molecule has 0 spiro atoms. The molecule has 5 nitrogen and oxygen atoms in total. The number of benzene rings is 2. The molecule has 0 fully saturated rings. The normalized spacial score (nSPS) is 12.6. The summed E-state index contributed by atoms with van der Waals surface area (Å²) in [7, 11) is 0. The van der Waals surface area contributed by atoms with Crippen molar-refractivity contribution < 1.29 is 18.4 Å². The lowest BCUT2D eigenvalue weighted by Crippen LogP contribution is -2.48. The van der Waals surface area contributed by atoms with Gasteiger partial charge in [-0.2, -0.15) is 0 Å². The second-order valence-electron chi connectivity index (χ2n) is 11.6. The van der Waals surface area contributed by atoms with Crippen LogP contribution < -0.4 is 10.6 Å². The molecule has 2 aromatic carbocycles. The first-order chi connectivity index (χ1) is 16.0. The molecule has 0 radical (unpaired) electrons. The van der Waals surface area contributed by atoms with Crippen molar-refractivity contribution in [2.75, 3.05) is 0 Å². The van der Waals surface area contributed by atoms with E-state index in [4.69, 9.17) is 0 Å². The van der Waals surface area contributed by atoms with E-state index in [1.807, 2.05) is 73.6 Å². The van der Waals surface area contributed by atoms with Crippen molar-refractivity contribution >= 4 is 22.7 Å². The van der Waals surface area contributed by atoms with Crippen LogP contribution in [0, 0.1) is 11.6 Å². The van der Waals surface area contributed by atoms with Gasteiger partial charge in [0.25, 0.3) is 0 Å². The van der Waals surface area contributed by atoms with Crippen LogP contribution in [0.5, 0.6) is 0 Å². The zero-order valence-corrected chi connectivity index (χ0v) is 21.8. The number of rotatable bonds is 5. The summed E-state index contributed by atoms with van der Waals surface area (Å²) < 4.78 is 30.1. The Labute approximate surface area is 205 Å². The van der Waals surface area contributed by atoms with E-state index in [0.717, 1.165) is 17.0 Å². The molecule has 2 amide bonds. The van der Waals surface area contributed by atoms with Crippen LogP contribution in [0.3, 0.4) is 0 Å². The average molecular weight is 484 g/mol. The molecule has 35 heavy (non-hydrogen) atoms. The van der Waals surface area contributed by atoms with E-state index in [1.165, 1.54) is 12.1 Å². The van der Waals surface area contributed by atoms with Gasteiger partial charge in [-0.3, -0.25) is 9.59 Å². The molecule has 1 heterocycles. The molecule has 2 N–H and O–H groups in total. The highest BCUT2D eigenvalue weighted by molar-refractivity contribution is 5.93. The van der Waals surface area contributed by atoms with E-state index in [2.05, 4.69) is 10.6 Å². The molecule has 0 aliphatic heterocycles. The number of hydrogen-bond donors (Lipinski definition) is 2. The fourth-order valence-electron chi connectivity index (χ4n) is 3.98. The lowest BCUT2D eigenvalue weighted by Gasteiger charge is -2.30. The summed E-state index contributed by atoms with van der Waals surface area (Å²) >= 11 is 0. The van der Waals surface area contributed by atoms with Crippen molar-refractivity contribution in [2.24, 2.45) is 0 Å². The number of fused-ring (bicyclic) bond motifs is 1. The van der Waals surface area contributed by atoms with Gasteiger partial charge >= 0.3 is 0 Å². The zero-order valence-electron chi connectivity index (χ0n) is 21.8. The van der Waals surface area contributed by atoms with Gasteiger partial charge in [0.1, 0.15) is 18.2 Å². The van der Waals surface area contributed by atoms with E-state index in [0.29, 0.717) is 11.2 Å². The summed E-state index contributed by atoms with van der Waals surface area (Å²) in [6.45, 7) is 15.1. The minimum Gasteiger partial charge on any atom is -0.351 e. The Bertz CT molecular complexity index is 1280. The van der Waals surface area contributed by atoms with Gasteiger partial charge in [0.05, 0.1) is 11.1 Å². The maximum Gasteiger partial charge on any atom is 0.240 e. The Morgan fingerprint density at radius 3 is 2.03 bits per heavy atom. The van der Waals surface area contributed by atoms with Gasteiger partial charge in [-0.1, -0.05) is 6.07 Å². The van der Waals surface area contributed by atoms with Gasteiger partial charge < -0.3 is 15.2 Å². The van der Waals surface area contributed by atoms with Gasteiger partial charge in [0.2, 0.25) is 11.8 Å². The molecule has 0 saturated carbocycles. The summed E-state index contributed by atoms with van der Waals surface area (Å²) in [5.74, 6) is -1.73. The highest BCUT2D eigenvalue weighted by Crippen LogP contribution is 2.34. The largest absolute Gasteiger partial charge is 0.351 e. The van der Waals surface area contributed by atoms with Crippen LogP contribution in [0.1, 0.15) is 61.0 Å². The maximum atomic E-state index is 14.8. The Kier molecular flexibility index (Phi) is 6.86. The number of nitrogens with one attached hydrogen (secondary N) is 2. The number of carbonyl (C=O) groups excluding carboxylic acids is 2. The first-order valence-corrected chi connectivity index (χ1v) is 11.7. The predicted molar refractivity (Wildman–Crippen MR) is 136 cm³/mol. The van der Waals surface area contributed by atoms with Crippen molar-refractivity contribution in [3.63, 3.8) is 0 Å². The third kappa shape index (κ3) is 6.08. The van der Waals surface area contributed by atoms with Crippen molar-refractivity contribution in [1.82, 2.24) is 15.2 Å². The lowest BCUT2D eigenvalue weighted by molar-refractivity contribution is -0.127. The number of aromatic nitrogens is 1. The Morgan fingerprint density at radius 2 is 1.46 bits per heavy atom. The van der Waals surface area contributed by atoms with Gasteiger partial charge in [0.15, 0.2) is 0 Å². The molecule has 7 heteroatoms.